The summed E-state index contributed by atoms with van der Waals surface area (Å²) in [6, 6.07) is 2.16. The van der Waals surface area contributed by atoms with E-state index in [0.29, 0.717) is 19.8 Å². The summed E-state index contributed by atoms with van der Waals surface area (Å²) in [5.41, 5.74) is -0.594. The molecule has 1 atom stereocenters. The second-order valence-electron chi connectivity index (χ2n) is 3.71. The molecule has 0 heterocycles. The van der Waals surface area contributed by atoms with Crippen molar-refractivity contribution < 1.29 is 9.47 Å². The number of hydrogen-bond donors (Lipinski definition) is 1. The van der Waals surface area contributed by atoms with Gasteiger partial charge in [-0.25, -0.2) is 0 Å². The van der Waals surface area contributed by atoms with Crippen molar-refractivity contribution in [3.05, 3.63) is 0 Å². The van der Waals surface area contributed by atoms with Crippen molar-refractivity contribution >= 4 is 0 Å². The third kappa shape index (κ3) is 7.32. The Kier molecular flexibility index (Phi) is 8.30. The highest BCUT2D eigenvalue weighted by Crippen LogP contribution is 2.00. The summed E-state index contributed by atoms with van der Waals surface area (Å²) in [7, 11) is 1.75. The monoisotopic (exact) mass is 214 g/mol. The number of nitrogens with zero attached hydrogens (tertiary/aromatic N) is 1. The SMILES string of the molecule is CCCCOCCOCC(C)(C#N)NC. The number of likely N-dealkylation sites (N-methyl/N-ethyl adjacent to an activating group) is 1. The van der Waals surface area contributed by atoms with Crippen LogP contribution in [-0.4, -0.2) is 39.0 Å². The molecule has 15 heavy (non-hydrogen) atoms. The average Bonchev–Trinajstić information content (AvgIpc) is 2.27. The zero-order valence-electron chi connectivity index (χ0n) is 10.0. The molecule has 0 amide bonds. The molecule has 88 valence electrons. The predicted molar refractivity (Wildman–Crippen MR) is 59.6 cm³/mol. The fourth-order valence-electron chi connectivity index (χ4n) is 0.903. The highest BCUT2D eigenvalue weighted by Gasteiger charge is 2.20. The maximum atomic E-state index is 8.83. The Morgan fingerprint density at radius 3 is 2.47 bits per heavy atom. The van der Waals surface area contributed by atoms with Gasteiger partial charge in [-0.2, -0.15) is 5.26 Å². The van der Waals surface area contributed by atoms with Crippen LogP contribution in [0.3, 0.4) is 0 Å². The molecule has 0 rings (SSSR count). The molecule has 0 radical (unpaired) electrons. The third-order valence-corrected chi connectivity index (χ3v) is 2.20. The topological polar surface area (TPSA) is 54.3 Å². The highest BCUT2D eigenvalue weighted by molar-refractivity contribution is 5.02. The largest absolute Gasteiger partial charge is 0.379 e. The normalized spacial score (nSPS) is 14.5. The minimum atomic E-state index is -0.594. The van der Waals surface area contributed by atoms with E-state index in [1.807, 2.05) is 6.92 Å². The van der Waals surface area contributed by atoms with Gasteiger partial charge in [-0.3, -0.25) is 0 Å². The molecule has 0 aliphatic heterocycles. The van der Waals surface area contributed by atoms with Crippen LogP contribution in [-0.2, 0) is 9.47 Å². The Labute approximate surface area is 92.6 Å². The molecule has 0 fully saturated rings. The van der Waals surface area contributed by atoms with Gasteiger partial charge in [0.15, 0.2) is 0 Å². The van der Waals surface area contributed by atoms with Crippen LogP contribution in [0.1, 0.15) is 26.7 Å². The number of nitrogens with one attached hydrogen (secondary N) is 1. The van der Waals surface area contributed by atoms with Crippen molar-refractivity contribution in [1.29, 1.82) is 5.26 Å². The predicted octanol–water partition coefficient (Wildman–Crippen LogP) is 1.32. The fraction of sp³-hybridized carbons (Fsp3) is 0.909. The Morgan fingerprint density at radius 1 is 1.27 bits per heavy atom. The van der Waals surface area contributed by atoms with Gasteiger partial charge in [-0.1, -0.05) is 13.3 Å². The first-order chi connectivity index (χ1) is 7.18. The zero-order chi connectivity index (χ0) is 11.6. The van der Waals surface area contributed by atoms with Crippen molar-refractivity contribution in [2.45, 2.75) is 32.2 Å². The van der Waals surface area contributed by atoms with Gasteiger partial charge in [0.1, 0.15) is 5.54 Å². The maximum absolute atomic E-state index is 8.83. The molecule has 0 aromatic rings. The van der Waals surface area contributed by atoms with Gasteiger partial charge >= 0.3 is 0 Å². The lowest BCUT2D eigenvalue weighted by Gasteiger charge is -2.20. The number of rotatable bonds is 9. The molecule has 0 aromatic carbocycles. The van der Waals surface area contributed by atoms with Crippen molar-refractivity contribution in [1.82, 2.24) is 5.32 Å². The van der Waals surface area contributed by atoms with E-state index in [1.165, 1.54) is 0 Å². The molecule has 0 spiro atoms. The summed E-state index contributed by atoms with van der Waals surface area (Å²) in [6.07, 6.45) is 2.24. The smallest absolute Gasteiger partial charge is 0.127 e. The third-order valence-electron chi connectivity index (χ3n) is 2.20. The van der Waals surface area contributed by atoms with E-state index in [0.717, 1.165) is 19.4 Å². The minimum absolute atomic E-state index is 0.386. The van der Waals surface area contributed by atoms with E-state index in [9.17, 15) is 0 Å². The van der Waals surface area contributed by atoms with E-state index < -0.39 is 5.54 Å². The van der Waals surface area contributed by atoms with Gasteiger partial charge in [0, 0.05) is 6.61 Å². The molecule has 1 unspecified atom stereocenters. The standard InChI is InChI=1S/C11H22N2O2/c1-4-5-6-14-7-8-15-10-11(2,9-12)13-3/h13H,4-8,10H2,1-3H3. The second kappa shape index (κ2) is 8.66. The molecule has 0 saturated carbocycles. The van der Waals surface area contributed by atoms with E-state index in [1.54, 1.807) is 7.05 Å². The van der Waals surface area contributed by atoms with Crippen LogP contribution in [0.2, 0.25) is 0 Å². The van der Waals surface area contributed by atoms with E-state index in [-0.39, 0.29) is 0 Å². The first-order valence-electron chi connectivity index (χ1n) is 5.44. The van der Waals surface area contributed by atoms with Gasteiger partial charge in [-0.05, 0) is 20.4 Å². The van der Waals surface area contributed by atoms with Crippen LogP contribution in [0.4, 0.5) is 0 Å². The van der Waals surface area contributed by atoms with Crippen LogP contribution in [0.5, 0.6) is 0 Å². The molecule has 0 aliphatic carbocycles. The number of hydrogen-bond acceptors (Lipinski definition) is 4. The summed E-state index contributed by atoms with van der Waals surface area (Å²) in [5.74, 6) is 0. The Morgan fingerprint density at radius 2 is 1.93 bits per heavy atom. The zero-order valence-corrected chi connectivity index (χ0v) is 10.0. The van der Waals surface area contributed by atoms with Crippen LogP contribution >= 0.6 is 0 Å². The van der Waals surface area contributed by atoms with Gasteiger partial charge in [-0.15, -0.1) is 0 Å². The van der Waals surface area contributed by atoms with Crippen molar-refractivity contribution in [2.24, 2.45) is 0 Å². The number of ether oxygens (including phenoxy) is 2. The first-order valence-corrected chi connectivity index (χ1v) is 5.44. The molecule has 4 nitrogen and oxygen atoms in total. The van der Waals surface area contributed by atoms with Crippen LogP contribution in [0.15, 0.2) is 0 Å². The molecule has 1 N–H and O–H groups in total. The average molecular weight is 214 g/mol. The van der Waals surface area contributed by atoms with Crippen molar-refractivity contribution in [3.63, 3.8) is 0 Å². The summed E-state index contributed by atoms with van der Waals surface area (Å²) < 4.78 is 10.7. The molecule has 0 aromatic heterocycles. The van der Waals surface area contributed by atoms with Crippen molar-refractivity contribution in [2.75, 3.05) is 33.5 Å². The maximum Gasteiger partial charge on any atom is 0.127 e. The summed E-state index contributed by atoms with van der Waals surface area (Å²) >= 11 is 0. The van der Waals surface area contributed by atoms with Gasteiger partial charge < -0.3 is 14.8 Å². The quantitative estimate of drug-likeness (QED) is 0.588. The van der Waals surface area contributed by atoms with Crippen LogP contribution in [0.25, 0.3) is 0 Å². The molecule has 0 saturated heterocycles. The Bertz CT molecular complexity index is 192. The molecule has 4 heteroatoms. The molecule has 0 bridgehead atoms. The summed E-state index contributed by atoms with van der Waals surface area (Å²) in [4.78, 5) is 0. The van der Waals surface area contributed by atoms with Crippen LogP contribution < -0.4 is 5.32 Å². The molecular formula is C11H22N2O2. The lowest BCUT2D eigenvalue weighted by Crippen LogP contribution is -2.43. The highest BCUT2D eigenvalue weighted by atomic mass is 16.5. The molecule has 0 aliphatic rings. The molecular weight excluding hydrogens is 192 g/mol. The number of unbranched alkanes of at least 4 members (excludes halogenated alkanes) is 1. The Balaban J connectivity index is 3.35. The summed E-state index contributed by atoms with van der Waals surface area (Å²) in [6.45, 7) is 6.27. The van der Waals surface area contributed by atoms with Gasteiger partial charge in [0.05, 0.1) is 25.9 Å². The van der Waals surface area contributed by atoms with E-state index in [4.69, 9.17) is 14.7 Å². The van der Waals surface area contributed by atoms with Crippen LogP contribution in [0, 0.1) is 11.3 Å². The van der Waals surface area contributed by atoms with E-state index >= 15 is 0 Å². The second-order valence-corrected chi connectivity index (χ2v) is 3.71. The lowest BCUT2D eigenvalue weighted by atomic mass is 10.1. The Hall–Kier alpha value is -0.630. The lowest BCUT2D eigenvalue weighted by molar-refractivity contribution is 0.0324. The number of nitriles is 1. The first kappa shape index (κ1) is 14.4. The minimum Gasteiger partial charge on any atom is -0.379 e. The van der Waals surface area contributed by atoms with Gasteiger partial charge in [0.25, 0.3) is 0 Å². The van der Waals surface area contributed by atoms with Gasteiger partial charge in [0.2, 0.25) is 0 Å². The van der Waals surface area contributed by atoms with E-state index in [2.05, 4.69) is 18.3 Å². The fourth-order valence-corrected chi connectivity index (χ4v) is 0.903. The summed E-state index contributed by atoms with van der Waals surface area (Å²) in [5, 5.41) is 11.7. The van der Waals surface area contributed by atoms with Crippen molar-refractivity contribution in [3.8, 4) is 6.07 Å².